The molecule has 0 fully saturated rings. The Morgan fingerprint density at radius 1 is 1.13 bits per heavy atom. The van der Waals surface area contributed by atoms with E-state index in [1.54, 1.807) is 24.3 Å². The first kappa shape index (κ1) is 23.2. The fourth-order valence-corrected chi connectivity index (χ4v) is 2.71. The molecular weight excluding hydrogens is 410 g/mol. The van der Waals surface area contributed by atoms with Gasteiger partial charge in [-0.25, -0.2) is 4.79 Å². The van der Waals surface area contributed by atoms with Crippen LogP contribution in [0, 0.1) is 0 Å². The number of alkyl halides is 1. The Hall–Kier alpha value is -3.10. The number of rotatable bonds is 9. The van der Waals surface area contributed by atoms with Crippen LogP contribution in [0.3, 0.4) is 0 Å². The molecule has 0 heterocycles. The van der Waals surface area contributed by atoms with Crippen LogP contribution in [0.2, 0.25) is 0 Å². The lowest BCUT2D eigenvalue weighted by molar-refractivity contribution is -0.132. The summed E-state index contributed by atoms with van der Waals surface area (Å²) in [6.07, 6.45) is -0.773. The standard InChI is InChI=1S/C21H24ClN3O5/c1-25(10-11-26)20(28)19(16-8-5-9-17(12-16)23-18(27)13-22)24-21(29)30-14-15-6-3-2-4-7-15/h2-9,12,19,26H,10-11,13-14H2,1H3,(H,23,27)(H,24,29)/t19-/m0/s1. The smallest absolute Gasteiger partial charge is 0.408 e. The van der Waals surface area contributed by atoms with Crippen molar-refractivity contribution in [2.24, 2.45) is 0 Å². The number of aliphatic hydroxyl groups excluding tert-OH is 1. The second-order valence-corrected chi connectivity index (χ2v) is 6.70. The third kappa shape index (κ3) is 7.06. The van der Waals surface area contributed by atoms with Crippen molar-refractivity contribution in [3.63, 3.8) is 0 Å². The monoisotopic (exact) mass is 433 g/mol. The van der Waals surface area contributed by atoms with E-state index in [1.807, 2.05) is 30.3 Å². The number of alkyl carbamates (subject to hydrolysis) is 1. The maximum atomic E-state index is 12.9. The summed E-state index contributed by atoms with van der Waals surface area (Å²) in [5.41, 5.74) is 1.67. The second kappa shape index (κ2) is 11.8. The Morgan fingerprint density at radius 2 is 1.87 bits per heavy atom. The average Bonchev–Trinajstić information content (AvgIpc) is 2.76. The summed E-state index contributed by atoms with van der Waals surface area (Å²) in [7, 11) is 1.52. The van der Waals surface area contributed by atoms with E-state index in [9.17, 15) is 14.4 Å². The number of ether oxygens (including phenoxy) is 1. The van der Waals surface area contributed by atoms with Crippen molar-refractivity contribution < 1.29 is 24.2 Å². The third-order valence-corrected chi connectivity index (χ3v) is 4.40. The molecule has 0 bridgehead atoms. The Labute approximate surface area is 179 Å². The van der Waals surface area contributed by atoms with E-state index >= 15 is 0 Å². The van der Waals surface area contributed by atoms with Crippen molar-refractivity contribution in [2.75, 3.05) is 31.4 Å². The number of benzene rings is 2. The van der Waals surface area contributed by atoms with Crippen LogP contribution in [-0.4, -0.2) is 54.0 Å². The molecule has 0 radical (unpaired) electrons. The zero-order chi connectivity index (χ0) is 21.9. The number of nitrogens with zero attached hydrogens (tertiary/aromatic N) is 1. The molecule has 0 aliphatic rings. The number of aliphatic hydroxyl groups is 1. The summed E-state index contributed by atoms with van der Waals surface area (Å²) in [5.74, 6) is -1.05. The highest BCUT2D eigenvalue weighted by molar-refractivity contribution is 6.29. The van der Waals surface area contributed by atoms with E-state index in [4.69, 9.17) is 21.4 Å². The van der Waals surface area contributed by atoms with Gasteiger partial charge in [0.25, 0.3) is 0 Å². The van der Waals surface area contributed by atoms with Crippen LogP contribution < -0.4 is 10.6 Å². The summed E-state index contributed by atoms with van der Waals surface area (Å²) in [5, 5.41) is 14.3. The molecule has 0 aromatic heterocycles. The van der Waals surface area contributed by atoms with Gasteiger partial charge < -0.3 is 25.4 Å². The minimum atomic E-state index is -1.07. The number of hydrogen-bond acceptors (Lipinski definition) is 5. The van der Waals surface area contributed by atoms with Crippen LogP contribution in [0.25, 0.3) is 0 Å². The minimum Gasteiger partial charge on any atom is -0.445 e. The van der Waals surface area contributed by atoms with Gasteiger partial charge >= 0.3 is 6.09 Å². The van der Waals surface area contributed by atoms with Gasteiger partial charge in [-0.05, 0) is 23.3 Å². The molecule has 2 aromatic rings. The molecule has 2 aromatic carbocycles. The fraction of sp³-hybridized carbons (Fsp3) is 0.286. The Morgan fingerprint density at radius 3 is 2.53 bits per heavy atom. The summed E-state index contributed by atoms with van der Waals surface area (Å²) in [4.78, 5) is 38.1. The number of amides is 3. The number of halogens is 1. The van der Waals surface area contributed by atoms with Crippen LogP contribution >= 0.6 is 11.6 Å². The van der Waals surface area contributed by atoms with Crippen LogP contribution in [0.1, 0.15) is 17.2 Å². The number of carbonyl (C=O) groups is 3. The zero-order valence-corrected chi connectivity index (χ0v) is 17.3. The first-order chi connectivity index (χ1) is 14.4. The van der Waals surface area contributed by atoms with Crippen LogP contribution in [0.5, 0.6) is 0 Å². The van der Waals surface area contributed by atoms with Crippen LogP contribution in [0.15, 0.2) is 54.6 Å². The number of nitrogens with one attached hydrogen (secondary N) is 2. The molecule has 9 heteroatoms. The molecule has 2 rings (SSSR count). The predicted molar refractivity (Wildman–Crippen MR) is 113 cm³/mol. The van der Waals surface area contributed by atoms with Gasteiger partial charge in [0.2, 0.25) is 11.8 Å². The molecule has 3 amide bonds. The maximum Gasteiger partial charge on any atom is 0.408 e. The molecule has 0 unspecified atom stereocenters. The lowest BCUT2D eigenvalue weighted by Gasteiger charge is -2.24. The van der Waals surface area contributed by atoms with E-state index in [0.29, 0.717) is 11.3 Å². The second-order valence-electron chi connectivity index (χ2n) is 6.43. The summed E-state index contributed by atoms with van der Waals surface area (Å²) >= 11 is 5.52. The Balaban J connectivity index is 2.18. The minimum absolute atomic E-state index is 0.0475. The van der Waals surface area contributed by atoms with Crippen LogP contribution in [-0.2, 0) is 20.9 Å². The first-order valence-electron chi connectivity index (χ1n) is 9.23. The molecule has 8 nitrogen and oxygen atoms in total. The highest BCUT2D eigenvalue weighted by Gasteiger charge is 2.26. The largest absolute Gasteiger partial charge is 0.445 e. The third-order valence-electron chi connectivity index (χ3n) is 4.16. The topological polar surface area (TPSA) is 108 Å². The highest BCUT2D eigenvalue weighted by Crippen LogP contribution is 2.20. The fourth-order valence-electron chi connectivity index (χ4n) is 2.64. The van der Waals surface area contributed by atoms with Crippen LogP contribution in [0.4, 0.5) is 10.5 Å². The number of anilines is 1. The summed E-state index contributed by atoms with van der Waals surface area (Å²) in [6.45, 7) is -0.0795. The van der Waals surface area contributed by atoms with Crippen molar-refractivity contribution >= 4 is 35.2 Å². The lowest BCUT2D eigenvalue weighted by Crippen LogP contribution is -2.42. The van der Waals surface area contributed by atoms with Gasteiger partial charge in [-0.15, -0.1) is 11.6 Å². The van der Waals surface area contributed by atoms with Crippen molar-refractivity contribution in [1.29, 1.82) is 0 Å². The van der Waals surface area contributed by atoms with Gasteiger partial charge in [-0.3, -0.25) is 9.59 Å². The normalized spacial score (nSPS) is 11.3. The van der Waals surface area contributed by atoms with E-state index < -0.39 is 23.9 Å². The number of carbonyl (C=O) groups excluding carboxylic acids is 3. The van der Waals surface area contributed by atoms with Crippen molar-refractivity contribution in [3.05, 3.63) is 65.7 Å². The predicted octanol–water partition coefficient (Wildman–Crippen LogP) is 2.28. The number of hydrogen-bond donors (Lipinski definition) is 3. The molecule has 0 spiro atoms. The zero-order valence-electron chi connectivity index (χ0n) is 16.5. The van der Waals surface area contributed by atoms with Gasteiger partial charge in [0, 0.05) is 19.3 Å². The van der Waals surface area contributed by atoms with Gasteiger partial charge in [-0.1, -0.05) is 42.5 Å². The van der Waals surface area contributed by atoms with Gasteiger partial charge in [0.1, 0.15) is 18.5 Å². The van der Waals surface area contributed by atoms with E-state index in [2.05, 4.69) is 10.6 Å². The molecule has 0 aliphatic heterocycles. The Kier molecular flexibility index (Phi) is 9.11. The average molecular weight is 434 g/mol. The molecule has 0 saturated carbocycles. The molecule has 160 valence electrons. The lowest BCUT2D eigenvalue weighted by atomic mass is 10.0. The molecule has 1 atom stereocenters. The van der Waals surface area contributed by atoms with E-state index in [-0.39, 0.29) is 25.6 Å². The highest BCUT2D eigenvalue weighted by atomic mass is 35.5. The molecule has 0 aliphatic carbocycles. The molecule has 3 N–H and O–H groups in total. The van der Waals surface area contributed by atoms with E-state index in [0.717, 1.165) is 5.56 Å². The molecular formula is C21H24ClN3O5. The van der Waals surface area contributed by atoms with Gasteiger partial charge in [0.15, 0.2) is 0 Å². The van der Waals surface area contributed by atoms with E-state index in [1.165, 1.54) is 11.9 Å². The quantitative estimate of drug-likeness (QED) is 0.526. The van der Waals surface area contributed by atoms with Crippen molar-refractivity contribution in [1.82, 2.24) is 10.2 Å². The molecule has 30 heavy (non-hydrogen) atoms. The maximum absolute atomic E-state index is 12.9. The van der Waals surface area contributed by atoms with Crippen molar-refractivity contribution in [2.45, 2.75) is 12.6 Å². The van der Waals surface area contributed by atoms with Gasteiger partial charge in [0.05, 0.1) is 6.61 Å². The first-order valence-corrected chi connectivity index (χ1v) is 9.77. The summed E-state index contributed by atoms with van der Waals surface area (Å²) < 4.78 is 5.22. The van der Waals surface area contributed by atoms with Crippen molar-refractivity contribution in [3.8, 4) is 0 Å². The Bertz CT molecular complexity index is 863. The number of likely N-dealkylation sites (N-methyl/N-ethyl adjacent to an activating group) is 1. The van der Waals surface area contributed by atoms with Gasteiger partial charge in [-0.2, -0.15) is 0 Å². The molecule has 0 saturated heterocycles. The SMILES string of the molecule is CN(CCO)C(=O)[C@@H](NC(=O)OCc1ccccc1)c1cccc(NC(=O)CCl)c1. The summed E-state index contributed by atoms with van der Waals surface area (Å²) in [6, 6.07) is 14.6.